The third-order valence-electron chi connectivity index (χ3n) is 5.69. The highest BCUT2D eigenvalue weighted by atomic mass is 32.2. The monoisotopic (exact) mass is 463 g/mol. The molecule has 0 bridgehead atoms. The van der Waals surface area contributed by atoms with Gasteiger partial charge in [-0.25, -0.2) is 13.4 Å². The first-order chi connectivity index (χ1) is 15.8. The number of carbonyl (C=O) groups is 1. The Bertz CT molecular complexity index is 1450. The van der Waals surface area contributed by atoms with E-state index in [4.69, 9.17) is 10.7 Å². The van der Waals surface area contributed by atoms with Gasteiger partial charge in [0.25, 0.3) is 0 Å². The third kappa shape index (κ3) is 3.80. The summed E-state index contributed by atoms with van der Waals surface area (Å²) in [6.45, 7) is 1.90. The molecule has 0 unspecified atom stereocenters. The van der Waals surface area contributed by atoms with E-state index in [9.17, 15) is 13.2 Å². The van der Waals surface area contributed by atoms with Crippen LogP contribution in [0.3, 0.4) is 0 Å². The van der Waals surface area contributed by atoms with Crippen LogP contribution in [0.15, 0.2) is 49.1 Å². The maximum atomic E-state index is 12.4. The Morgan fingerprint density at radius 3 is 2.48 bits per heavy atom. The summed E-state index contributed by atoms with van der Waals surface area (Å²) < 4.78 is 25.2. The Morgan fingerprint density at radius 2 is 1.85 bits per heavy atom. The van der Waals surface area contributed by atoms with Crippen LogP contribution in [0.25, 0.3) is 28.0 Å². The number of nitrogens with zero attached hydrogens (tertiary/aromatic N) is 6. The van der Waals surface area contributed by atoms with Gasteiger partial charge in [-0.1, -0.05) is 6.07 Å². The molecule has 0 saturated carbocycles. The smallest absolute Gasteiger partial charge is 0.167 e. The summed E-state index contributed by atoms with van der Waals surface area (Å²) >= 11 is 0. The van der Waals surface area contributed by atoms with E-state index in [1.165, 1.54) is 11.4 Å². The number of Topliss-reactive ketones (excluding diaryl/α,β-unsaturated/α-hetero) is 1. The van der Waals surface area contributed by atoms with Crippen molar-refractivity contribution in [1.82, 2.24) is 24.6 Å². The lowest BCUT2D eigenvalue weighted by Crippen LogP contribution is -2.41. The molecule has 0 spiro atoms. The first-order valence-electron chi connectivity index (χ1n) is 10.3. The van der Waals surface area contributed by atoms with Crippen molar-refractivity contribution in [3.8, 4) is 22.4 Å². The third-order valence-corrected chi connectivity index (χ3v) is 7.30. The molecule has 4 aromatic rings. The molecule has 168 valence electrons. The minimum Gasteiger partial charge on any atom is -0.383 e. The molecule has 0 aliphatic carbocycles. The highest BCUT2D eigenvalue weighted by Crippen LogP contribution is 2.32. The summed E-state index contributed by atoms with van der Waals surface area (Å²) in [6.07, 6.45) is 6.81. The summed E-state index contributed by atoms with van der Waals surface area (Å²) in [7, 11) is -3.09. The molecule has 33 heavy (non-hydrogen) atoms. The summed E-state index contributed by atoms with van der Waals surface area (Å²) in [5.41, 5.74) is 10.2. The van der Waals surface area contributed by atoms with E-state index in [0.29, 0.717) is 17.0 Å². The molecule has 2 N–H and O–H groups in total. The van der Waals surface area contributed by atoms with Gasteiger partial charge in [0.15, 0.2) is 21.3 Å². The molecule has 5 heterocycles. The second-order valence-corrected chi connectivity index (χ2v) is 10.2. The molecule has 11 heteroatoms. The summed E-state index contributed by atoms with van der Waals surface area (Å²) in [6, 6.07) is 7.58. The molecule has 1 aliphatic rings. The van der Waals surface area contributed by atoms with E-state index in [0.717, 1.165) is 16.8 Å². The molecule has 10 nitrogen and oxygen atoms in total. The number of nitrogens with two attached hydrogens (primary N) is 1. The van der Waals surface area contributed by atoms with Crippen LogP contribution in [-0.2, 0) is 9.84 Å². The summed E-state index contributed by atoms with van der Waals surface area (Å²) in [5.74, 6) is 0.294. The standard InChI is InChI=1S/C22H21N7O3S/c1-14(30)19-20(23)29-21(27-22(19)28-7-9-33(31,32)10-8-28)17(13-26-29)15-4-5-18(25-12-15)16-3-2-6-24-11-16/h2-6,11-13H,7-10,23H2,1H3. The van der Waals surface area contributed by atoms with Crippen LogP contribution in [-0.4, -0.2) is 63.4 Å². The Balaban J connectivity index is 1.60. The number of aromatic nitrogens is 5. The predicted octanol–water partition coefficient (Wildman–Crippen LogP) is 1.87. The van der Waals surface area contributed by atoms with Gasteiger partial charge in [-0.15, -0.1) is 0 Å². The number of anilines is 2. The molecular formula is C22H21N7O3S. The van der Waals surface area contributed by atoms with Gasteiger partial charge in [0, 0.05) is 48.4 Å². The fraction of sp³-hybridized carbons (Fsp3) is 0.227. The normalized spacial score (nSPS) is 15.6. The zero-order valence-corrected chi connectivity index (χ0v) is 18.7. The minimum atomic E-state index is -3.09. The quantitative estimate of drug-likeness (QED) is 0.450. The van der Waals surface area contributed by atoms with Crippen LogP contribution >= 0.6 is 0 Å². The highest BCUT2D eigenvalue weighted by Gasteiger charge is 2.28. The van der Waals surface area contributed by atoms with Gasteiger partial charge >= 0.3 is 0 Å². The number of nitrogen functional groups attached to an aromatic ring is 1. The van der Waals surface area contributed by atoms with E-state index in [-0.39, 0.29) is 41.8 Å². The summed E-state index contributed by atoms with van der Waals surface area (Å²) in [4.78, 5) is 27.6. The molecule has 0 radical (unpaired) electrons. The number of ketones is 1. The highest BCUT2D eigenvalue weighted by molar-refractivity contribution is 7.91. The fourth-order valence-electron chi connectivity index (χ4n) is 3.94. The van der Waals surface area contributed by atoms with Gasteiger partial charge in [0.1, 0.15) is 17.2 Å². The number of pyridine rings is 2. The van der Waals surface area contributed by atoms with Gasteiger partial charge in [-0.2, -0.15) is 9.61 Å². The fourth-order valence-corrected chi connectivity index (χ4v) is 5.14. The van der Waals surface area contributed by atoms with Crippen LogP contribution in [0.5, 0.6) is 0 Å². The Hall–Kier alpha value is -3.86. The Kier molecular flexibility index (Phi) is 5.05. The van der Waals surface area contributed by atoms with Crippen molar-refractivity contribution < 1.29 is 13.2 Å². The SMILES string of the molecule is CC(=O)c1c(N2CCS(=O)(=O)CC2)nc2c(-c3ccc(-c4cccnc4)nc3)cnn2c1N. The molecule has 5 rings (SSSR count). The molecule has 0 aromatic carbocycles. The van der Waals surface area contributed by atoms with Crippen molar-refractivity contribution in [1.29, 1.82) is 0 Å². The van der Waals surface area contributed by atoms with E-state index in [2.05, 4.69) is 15.1 Å². The molecule has 0 atom stereocenters. The topological polar surface area (TPSA) is 136 Å². The average molecular weight is 464 g/mol. The van der Waals surface area contributed by atoms with E-state index in [1.54, 1.807) is 29.7 Å². The number of sulfone groups is 1. The van der Waals surface area contributed by atoms with Crippen LogP contribution in [0.4, 0.5) is 11.6 Å². The molecule has 0 amide bonds. The van der Waals surface area contributed by atoms with Crippen LogP contribution < -0.4 is 10.6 Å². The van der Waals surface area contributed by atoms with Gasteiger partial charge in [-0.3, -0.25) is 14.8 Å². The van der Waals surface area contributed by atoms with E-state index >= 15 is 0 Å². The lowest BCUT2D eigenvalue weighted by Gasteiger charge is -2.29. The van der Waals surface area contributed by atoms with Crippen molar-refractivity contribution in [2.24, 2.45) is 0 Å². The lowest BCUT2D eigenvalue weighted by molar-refractivity contribution is 0.101. The first kappa shape index (κ1) is 21.0. The first-order valence-corrected chi connectivity index (χ1v) is 12.2. The van der Waals surface area contributed by atoms with Crippen molar-refractivity contribution in [2.45, 2.75) is 6.92 Å². The predicted molar refractivity (Wildman–Crippen MR) is 125 cm³/mol. The number of hydrogen-bond acceptors (Lipinski definition) is 9. The number of carbonyl (C=O) groups excluding carboxylic acids is 1. The van der Waals surface area contributed by atoms with Gasteiger partial charge < -0.3 is 10.6 Å². The van der Waals surface area contributed by atoms with Gasteiger partial charge in [-0.05, 0) is 25.1 Å². The zero-order chi connectivity index (χ0) is 23.2. The number of fused-ring (bicyclic) bond motifs is 1. The molecule has 4 aromatic heterocycles. The largest absolute Gasteiger partial charge is 0.383 e. The minimum absolute atomic E-state index is 0.00293. The van der Waals surface area contributed by atoms with Crippen LogP contribution in [0.1, 0.15) is 17.3 Å². The second-order valence-electron chi connectivity index (χ2n) is 7.86. The van der Waals surface area contributed by atoms with E-state index < -0.39 is 9.84 Å². The van der Waals surface area contributed by atoms with Crippen molar-refractivity contribution in [2.75, 3.05) is 35.2 Å². The molecule has 1 saturated heterocycles. The Labute approximate surface area is 190 Å². The molecule has 1 fully saturated rings. The van der Waals surface area contributed by atoms with Gasteiger partial charge in [0.05, 0.1) is 23.4 Å². The summed E-state index contributed by atoms with van der Waals surface area (Å²) in [5, 5.41) is 4.35. The van der Waals surface area contributed by atoms with Crippen LogP contribution in [0, 0.1) is 0 Å². The van der Waals surface area contributed by atoms with Crippen molar-refractivity contribution in [3.63, 3.8) is 0 Å². The molecule has 1 aliphatic heterocycles. The average Bonchev–Trinajstić information content (AvgIpc) is 3.24. The maximum absolute atomic E-state index is 12.4. The lowest BCUT2D eigenvalue weighted by atomic mass is 10.1. The van der Waals surface area contributed by atoms with Gasteiger partial charge in [0.2, 0.25) is 0 Å². The number of hydrogen-bond donors (Lipinski definition) is 1. The zero-order valence-electron chi connectivity index (χ0n) is 17.8. The van der Waals surface area contributed by atoms with Crippen molar-refractivity contribution >= 4 is 32.9 Å². The van der Waals surface area contributed by atoms with Crippen LogP contribution in [0.2, 0.25) is 0 Å². The number of rotatable bonds is 4. The molecular weight excluding hydrogens is 442 g/mol. The maximum Gasteiger partial charge on any atom is 0.167 e. The van der Waals surface area contributed by atoms with Crippen molar-refractivity contribution in [3.05, 3.63) is 54.6 Å². The Morgan fingerprint density at radius 1 is 1.06 bits per heavy atom. The van der Waals surface area contributed by atoms with E-state index in [1.807, 2.05) is 24.3 Å². The second kappa shape index (κ2) is 7.93.